The molecule has 0 aromatic carbocycles. The van der Waals surface area contributed by atoms with Crippen molar-refractivity contribution in [2.45, 2.75) is 32.1 Å². The molecule has 0 bridgehead atoms. The molecule has 1 fully saturated rings. The number of aromatic nitrogens is 2. The van der Waals surface area contributed by atoms with Crippen molar-refractivity contribution in [1.82, 2.24) is 9.97 Å². The van der Waals surface area contributed by atoms with E-state index in [1.54, 1.807) is 0 Å². The number of rotatable bonds is 2. The highest BCUT2D eigenvalue weighted by Gasteiger charge is 2.24. The number of nitrogens with zero attached hydrogens (tertiary/aromatic N) is 2. The summed E-state index contributed by atoms with van der Waals surface area (Å²) in [5.74, 6) is 0.978. The Kier molecular flexibility index (Phi) is 2.66. The van der Waals surface area contributed by atoms with E-state index in [9.17, 15) is 4.79 Å². The van der Waals surface area contributed by atoms with Gasteiger partial charge in [0.05, 0.1) is 5.56 Å². The zero-order chi connectivity index (χ0) is 10.8. The summed E-state index contributed by atoms with van der Waals surface area (Å²) in [4.78, 5) is 18.9. The van der Waals surface area contributed by atoms with Crippen LogP contribution in [0.4, 0.5) is 0 Å². The van der Waals surface area contributed by atoms with Crippen LogP contribution in [0.5, 0.6) is 0 Å². The Morgan fingerprint density at radius 2 is 2.07 bits per heavy atom. The van der Waals surface area contributed by atoms with E-state index in [0.717, 1.165) is 24.6 Å². The molecule has 0 spiro atoms. The SMILES string of the molecule is CC1CCC(c2ncc(C(=O)O)cn2)C1. The Balaban J connectivity index is 2.13. The van der Waals surface area contributed by atoms with Gasteiger partial charge in [0.25, 0.3) is 0 Å². The van der Waals surface area contributed by atoms with Crippen LogP contribution in [-0.2, 0) is 0 Å². The fourth-order valence-electron chi connectivity index (χ4n) is 2.10. The topological polar surface area (TPSA) is 63.1 Å². The lowest BCUT2D eigenvalue weighted by Crippen LogP contribution is -2.04. The molecular weight excluding hydrogens is 192 g/mol. The lowest BCUT2D eigenvalue weighted by atomic mass is 10.1. The molecule has 1 aromatic heterocycles. The first-order chi connectivity index (χ1) is 7.16. The third-order valence-electron chi connectivity index (χ3n) is 2.98. The van der Waals surface area contributed by atoms with Crippen LogP contribution >= 0.6 is 0 Å². The second-order valence-corrected chi connectivity index (χ2v) is 4.25. The molecule has 1 saturated carbocycles. The summed E-state index contributed by atoms with van der Waals surface area (Å²) >= 11 is 0. The first-order valence-corrected chi connectivity index (χ1v) is 5.22. The second-order valence-electron chi connectivity index (χ2n) is 4.25. The molecule has 4 heteroatoms. The van der Waals surface area contributed by atoms with Gasteiger partial charge < -0.3 is 5.11 Å². The minimum Gasteiger partial charge on any atom is -0.478 e. The van der Waals surface area contributed by atoms with E-state index in [-0.39, 0.29) is 5.56 Å². The van der Waals surface area contributed by atoms with Crippen LogP contribution in [0.1, 0.15) is 48.3 Å². The summed E-state index contributed by atoms with van der Waals surface area (Å²) in [7, 11) is 0. The molecule has 4 nitrogen and oxygen atoms in total. The number of hydrogen-bond acceptors (Lipinski definition) is 3. The van der Waals surface area contributed by atoms with E-state index < -0.39 is 5.97 Å². The van der Waals surface area contributed by atoms with Crippen molar-refractivity contribution in [1.29, 1.82) is 0 Å². The largest absolute Gasteiger partial charge is 0.478 e. The van der Waals surface area contributed by atoms with Crippen LogP contribution in [0.2, 0.25) is 0 Å². The van der Waals surface area contributed by atoms with Crippen LogP contribution in [0, 0.1) is 5.92 Å². The molecule has 1 aliphatic carbocycles. The first kappa shape index (κ1) is 10.1. The first-order valence-electron chi connectivity index (χ1n) is 5.22. The maximum atomic E-state index is 10.6. The Bertz CT molecular complexity index is 361. The van der Waals surface area contributed by atoms with Crippen LogP contribution in [0.15, 0.2) is 12.4 Å². The van der Waals surface area contributed by atoms with E-state index >= 15 is 0 Å². The molecule has 0 aliphatic heterocycles. The van der Waals surface area contributed by atoms with E-state index in [2.05, 4.69) is 16.9 Å². The van der Waals surface area contributed by atoms with E-state index in [1.165, 1.54) is 18.8 Å². The number of carboxylic acid groups (broad SMARTS) is 1. The molecule has 0 saturated heterocycles. The fourth-order valence-corrected chi connectivity index (χ4v) is 2.10. The summed E-state index contributed by atoms with van der Waals surface area (Å²) in [6.45, 7) is 2.23. The lowest BCUT2D eigenvalue weighted by molar-refractivity contribution is 0.0696. The van der Waals surface area contributed by atoms with Gasteiger partial charge in [-0.05, 0) is 25.2 Å². The van der Waals surface area contributed by atoms with Gasteiger partial charge in [0, 0.05) is 18.3 Å². The number of hydrogen-bond donors (Lipinski definition) is 1. The van der Waals surface area contributed by atoms with Gasteiger partial charge in [-0.1, -0.05) is 6.92 Å². The van der Waals surface area contributed by atoms with Crippen molar-refractivity contribution < 1.29 is 9.90 Å². The zero-order valence-corrected chi connectivity index (χ0v) is 8.68. The molecule has 1 N–H and O–H groups in total. The van der Waals surface area contributed by atoms with Gasteiger partial charge in [0.1, 0.15) is 5.82 Å². The molecule has 2 unspecified atom stereocenters. The van der Waals surface area contributed by atoms with Gasteiger partial charge in [-0.25, -0.2) is 14.8 Å². The maximum absolute atomic E-state index is 10.6. The molecule has 0 amide bonds. The maximum Gasteiger partial charge on any atom is 0.338 e. The summed E-state index contributed by atoms with van der Waals surface area (Å²) < 4.78 is 0. The predicted octanol–water partition coefficient (Wildman–Crippen LogP) is 2.08. The average Bonchev–Trinajstić information content (AvgIpc) is 2.65. The summed E-state index contributed by atoms with van der Waals surface area (Å²) in [6, 6.07) is 0. The smallest absolute Gasteiger partial charge is 0.338 e. The number of carbonyl (C=O) groups is 1. The average molecular weight is 206 g/mol. The highest BCUT2D eigenvalue weighted by molar-refractivity contribution is 5.86. The third-order valence-corrected chi connectivity index (χ3v) is 2.98. The van der Waals surface area contributed by atoms with E-state index in [1.807, 2.05) is 0 Å². The Morgan fingerprint density at radius 3 is 2.53 bits per heavy atom. The van der Waals surface area contributed by atoms with Crippen molar-refractivity contribution in [2.75, 3.05) is 0 Å². The van der Waals surface area contributed by atoms with Crippen LogP contribution in [0.3, 0.4) is 0 Å². The second kappa shape index (κ2) is 3.96. The van der Waals surface area contributed by atoms with E-state index in [4.69, 9.17) is 5.11 Å². The number of carboxylic acids is 1. The highest BCUT2D eigenvalue weighted by atomic mass is 16.4. The third kappa shape index (κ3) is 2.14. The van der Waals surface area contributed by atoms with Crippen LogP contribution < -0.4 is 0 Å². The Labute approximate surface area is 88.4 Å². The summed E-state index contributed by atoms with van der Waals surface area (Å²) in [6.07, 6.45) is 6.25. The normalized spacial score (nSPS) is 25.4. The van der Waals surface area contributed by atoms with Crippen molar-refractivity contribution in [2.24, 2.45) is 5.92 Å². The summed E-state index contributed by atoms with van der Waals surface area (Å²) in [5.41, 5.74) is 0.157. The summed E-state index contributed by atoms with van der Waals surface area (Å²) in [5, 5.41) is 8.70. The standard InChI is InChI=1S/C11H14N2O2/c1-7-2-3-8(4-7)10-12-5-9(6-13-10)11(14)15/h5-8H,2-4H2,1H3,(H,14,15). The van der Waals surface area contributed by atoms with E-state index in [0.29, 0.717) is 5.92 Å². The molecule has 2 rings (SSSR count). The molecule has 1 heterocycles. The monoisotopic (exact) mass is 206 g/mol. The van der Waals surface area contributed by atoms with Gasteiger partial charge in [0.2, 0.25) is 0 Å². The molecule has 2 atom stereocenters. The number of aromatic carboxylic acids is 1. The van der Waals surface area contributed by atoms with Crippen molar-refractivity contribution in [3.8, 4) is 0 Å². The highest BCUT2D eigenvalue weighted by Crippen LogP contribution is 2.35. The van der Waals surface area contributed by atoms with Gasteiger partial charge in [-0.15, -0.1) is 0 Å². The van der Waals surface area contributed by atoms with Gasteiger partial charge in [-0.3, -0.25) is 0 Å². The minimum atomic E-state index is -0.971. The van der Waals surface area contributed by atoms with Crippen LogP contribution in [0.25, 0.3) is 0 Å². The van der Waals surface area contributed by atoms with Crippen molar-refractivity contribution >= 4 is 5.97 Å². The van der Waals surface area contributed by atoms with Crippen molar-refractivity contribution in [3.05, 3.63) is 23.8 Å². The molecule has 1 aromatic rings. The van der Waals surface area contributed by atoms with Gasteiger partial charge in [-0.2, -0.15) is 0 Å². The van der Waals surface area contributed by atoms with Crippen LogP contribution in [-0.4, -0.2) is 21.0 Å². The zero-order valence-electron chi connectivity index (χ0n) is 8.68. The van der Waals surface area contributed by atoms with Crippen molar-refractivity contribution in [3.63, 3.8) is 0 Å². The Morgan fingerprint density at radius 1 is 1.40 bits per heavy atom. The Hall–Kier alpha value is -1.45. The fraction of sp³-hybridized carbons (Fsp3) is 0.545. The molecule has 0 radical (unpaired) electrons. The van der Waals surface area contributed by atoms with Gasteiger partial charge >= 0.3 is 5.97 Å². The van der Waals surface area contributed by atoms with Gasteiger partial charge in [0.15, 0.2) is 0 Å². The molecule has 80 valence electrons. The lowest BCUT2D eigenvalue weighted by Gasteiger charge is -2.07. The molecule has 15 heavy (non-hydrogen) atoms. The quantitative estimate of drug-likeness (QED) is 0.804. The minimum absolute atomic E-state index is 0.157. The molecule has 1 aliphatic rings. The molecular formula is C11H14N2O2. The predicted molar refractivity (Wildman–Crippen MR) is 54.7 cm³/mol.